The van der Waals surface area contributed by atoms with E-state index < -0.39 is 66.8 Å². The van der Waals surface area contributed by atoms with Crippen LogP contribution in [0.5, 0.6) is 28.7 Å². The van der Waals surface area contributed by atoms with Crippen molar-refractivity contribution < 1.29 is 62.4 Å². The van der Waals surface area contributed by atoms with Crippen LogP contribution in [0.25, 0.3) is 0 Å². The van der Waals surface area contributed by atoms with Gasteiger partial charge in [0, 0.05) is 11.8 Å². The number of rotatable bonds is 6. The largest absolute Gasteiger partial charge is 0.493 e. The van der Waals surface area contributed by atoms with Crippen LogP contribution in [0.1, 0.15) is 35.6 Å². The average molecular weight is 603 g/mol. The maximum Gasteiger partial charge on any atom is 0.310 e. The predicted molar refractivity (Wildman–Crippen MR) is 143 cm³/mol. The number of cyclic esters (lactones) is 1. The molecule has 7 rings (SSSR count). The van der Waals surface area contributed by atoms with Gasteiger partial charge in [-0.1, -0.05) is 0 Å². The van der Waals surface area contributed by atoms with Crippen LogP contribution in [0, 0.1) is 11.8 Å². The topological polar surface area (TPSA) is 150 Å². The van der Waals surface area contributed by atoms with Gasteiger partial charge in [-0.15, -0.1) is 0 Å². The molecule has 0 spiro atoms. The van der Waals surface area contributed by atoms with E-state index in [0.717, 1.165) is 11.1 Å². The minimum absolute atomic E-state index is 0.0473. The monoisotopic (exact) mass is 602 g/mol. The first-order valence-electron chi connectivity index (χ1n) is 14.2. The Morgan fingerprint density at radius 2 is 1.53 bits per heavy atom. The molecule has 0 bridgehead atoms. The zero-order chi connectivity index (χ0) is 30.0. The van der Waals surface area contributed by atoms with Crippen molar-refractivity contribution in [3.05, 3.63) is 41.0 Å². The second-order valence-corrected chi connectivity index (χ2v) is 11.2. The van der Waals surface area contributed by atoms with Gasteiger partial charge >= 0.3 is 5.97 Å². The Hall–Kier alpha value is -3.33. The molecule has 1 aliphatic carbocycles. The van der Waals surface area contributed by atoms with Crippen molar-refractivity contribution in [2.24, 2.45) is 11.8 Å². The Kier molecular flexibility index (Phi) is 7.27. The molecular weight excluding hydrogens is 568 g/mol. The maximum absolute atomic E-state index is 13.5. The van der Waals surface area contributed by atoms with Crippen LogP contribution < -0.4 is 23.7 Å². The average Bonchev–Trinajstić information content (AvgIpc) is 3.64. The second-order valence-electron chi connectivity index (χ2n) is 11.2. The third-order valence-corrected chi connectivity index (χ3v) is 8.93. The summed E-state index contributed by atoms with van der Waals surface area (Å²) in [6.07, 6.45) is -6.70. The third kappa shape index (κ3) is 4.57. The number of aliphatic hydroxyl groups excluding tert-OH is 2. The number of carbonyl (C=O) groups excluding carboxylic acids is 1. The fraction of sp³-hybridized carbons (Fsp3) is 0.567. The quantitative estimate of drug-likeness (QED) is 0.462. The Morgan fingerprint density at radius 1 is 0.837 bits per heavy atom. The van der Waals surface area contributed by atoms with Gasteiger partial charge in [-0.2, -0.15) is 0 Å². The Morgan fingerprint density at radius 3 is 2.21 bits per heavy atom. The summed E-state index contributed by atoms with van der Waals surface area (Å²) < 4.78 is 57.7. The number of hydrogen-bond donors (Lipinski definition) is 2. The van der Waals surface area contributed by atoms with Crippen LogP contribution in [0.15, 0.2) is 24.3 Å². The predicted octanol–water partition coefficient (Wildman–Crippen LogP) is 1.64. The molecule has 13 nitrogen and oxygen atoms in total. The Bertz CT molecular complexity index is 1370. The van der Waals surface area contributed by atoms with Gasteiger partial charge in [0.1, 0.15) is 24.4 Å². The molecule has 2 aromatic carbocycles. The number of fused-ring (bicyclic) bond motifs is 4. The van der Waals surface area contributed by atoms with Gasteiger partial charge in [-0.25, -0.2) is 0 Å². The summed E-state index contributed by atoms with van der Waals surface area (Å²) in [5.41, 5.74) is 2.19. The first kappa shape index (κ1) is 28.4. The third-order valence-electron chi connectivity index (χ3n) is 8.93. The normalized spacial score (nSPS) is 35.8. The number of hydrogen-bond acceptors (Lipinski definition) is 13. The van der Waals surface area contributed by atoms with Crippen LogP contribution in [-0.2, 0) is 28.5 Å². The lowest BCUT2D eigenvalue weighted by Crippen LogP contribution is -2.63. The fourth-order valence-electron chi connectivity index (χ4n) is 6.92. The van der Waals surface area contributed by atoms with Crippen molar-refractivity contribution >= 4 is 5.97 Å². The van der Waals surface area contributed by atoms with Crippen LogP contribution in [0.3, 0.4) is 0 Å². The van der Waals surface area contributed by atoms with Crippen molar-refractivity contribution in [2.75, 3.05) is 41.3 Å². The summed E-state index contributed by atoms with van der Waals surface area (Å²) in [5, 5.41) is 22.0. The summed E-state index contributed by atoms with van der Waals surface area (Å²) in [6.45, 7) is 1.99. The SMILES string of the molecule is COc1cc([C@H]2c3cc4c(cc3[C@@H](O[C@@H]3O[C@@H]5CO[C@@H](C)O[C@H]5[C@H](O)[C@@H]3O)[C@H]3COC(=O)[C@H]23)OCO4)cc(OC)c1OC. The lowest BCUT2D eigenvalue weighted by Gasteiger charge is -2.47. The number of methoxy groups -OCH3 is 3. The first-order valence-corrected chi connectivity index (χ1v) is 14.2. The van der Waals surface area contributed by atoms with E-state index in [4.69, 9.17) is 47.4 Å². The molecule has 0 unspecified atom stereocenters. The van der Waals surface area contributed by atoms with Crippen LogP contribution in [0.2, 0.25) is 0 Å². The standard InChI is InChI=1S/C30H34O13/c1-12-37-10-21-28(41-12)24(31)25(32)30(42-21)43-26-15-8-18-17(39-11-40-18)7-14(15)22(23-16(26)9-38-29(23)33)13-5-19(34-2)27(36-4)20(6-13)35-3/h5-8,12,16,21-26,28,30-32H,9-11H2,1-4H3/t12-,16+,21-,22+,23+,24-,25+,26-,28-,30+/m1/s1. The van der Waals surface area contributed by atoms with Gasteiger partial charge in [0.15, 0.2) is 35.6 Å². The van der Waals surface area contributed by atoms with Crippen molar-refractivity contribution in [1.82, 2.24) is 0 Å². The molecule has 43 heavy (non-hydrogen) atoms. The molecule has 0 radical (unpaired) electrons. The summed E-state index contributed by atoms with van der Waals surface area (Å²) in [5.74, 6) is 0.289. The smallest absolute Gasteiger partial charge is 0.310 e. The summed E-state index contributed by atoms with van der Waals surface area (Å²) in [7, 11) is 4.58. The maximum atomic E-state index is 13.5. The van der Waals surface area contributed by atoms with Gasteiger partial charge in [-0.05, 0) is 47.9 Å². The Labute approximate surface area is 247 Å². The van der Waals surface area contributed by atoms with Gasteiger partial charge in [-0.3, -0.25) is 4.79 Å². The lowest BCUT2D eigenvalue weighted by molar-refractivity contribution is -0.364. The summed E-state index contributed by atoms with van der Waals surface area (Å²) >= 11 is 0. The van der Waals surface area contributed by atoms with Crippen LogP contribution in [-0.4, -0.2) is 94.5 Å². The molecule has 232 valence electrons. The molecule has 2 aromatic rings. The van der Waals surface area contributed by atoms with Crippen molar-refractivity contribution in [1.29, 1.82) is 0 Å². The van der Waals surface area contributed by atoms with Gasteiger partial charge in [0.2, 0.25) is 12.5 Å². The second kappa shape index (κ2) is 11.0. The van der Waals surface area contributed by atoms with E-state index in [1.54, 1.807) is 6.92 Å². The zero-order valence-corrected chi connectivity index (χ0v) is 24.1. The van der Waals surface area contributed by atoms with Gasteiger partial charge < -0.3 is 57.6 Å². The molecule has 0 aromatic heterocycles. The fourth-order valence-corrected chi connectivity index (χ4v) is 6.92. The van der Waals surface area contributed by atoms with E-state index in [0.29, 0.717) is 34.3 Å². The summed E-state index contributed by atoms with van der Waals surface area (Å²) in [6, 6.07) is 7.31. The lowest BCUT2D eigenvalue weighted by atomic mass is 9.66. The van der Waals surface area contributed by atoms with Crippen molar-refractivity contribution in [2.45, 2.75) is 55.9 Å². The van der Waals surface area contributed by atoms with Crippen LogP contribution >= 0.6 is 0 Å². The number of aliphatic hydroxyl groups is 2. The molecule has 4 heterocycles. The molecule has 4 aliphatic heterocycles. The van der Waals surface area contributed by atoms with Crippen molar-refractivity contribution in [3.8, 4) is 28.7 Å². The van der Waals surface area contributed by atoms with Gasteiger partial charge in [0.05, 0.1) is 46.6 Å². The minimum atomic E-state index is -1.42. The van der Waals surface area contributed by atoms with Crippen LogP contribution in [0.4, 0.5) is 0 Å². The molecule has 2 N–H and O–H groups in total. The van der Waals surface area contributed by atoms with Crippen molar-refractivity contribution in [3.63, 3.8) is 0 Å². The number of benzene rings is 2. The van der Waals surface area contributed by atoms with E-state index >= 15 is 0 Å². The molecule has 10 atom stereocenters. The highest BCUT2D eigenvalue weighted by molar-refractivity contribution is 5.79. The molecule has 5 aliphatic rings. The molecular formula is C30H34O13. The number of esters is 1. The minimum Gasteiger partial charge on any atom is -0.493 e. The number of ether oxygens (including phenoxy) is 10. The highest BCUT2D eigenvalue weighted by Crippen LogP contribution is 2.57. The van der Waals surface area contributed by atoms with E-state index in [1.165, 1.54) is 21.3 Å². The highest BCUT2D eigenvalue weighted by Gasteiger charge is 2.56. The van der Waals surface area contributed by atoms with Gasteiger partial charge in [0.25, 0.3) is 0 Å². The molecule has 0 saturated carbocycles. The number of carbonyl (C=O) groups is 1. The molecule has 13 heteroatoms. The Balaban J connectivity index is 1.32. The highest BCUT2D eigenvalue weighted by atomic mass is 16.8. The summed E-state index contributed by atoms with van der Waals surface area (Å²) in [4.78, 5) is 13.5. The van der Waals surface area contributed by atoms with E-state index in [2.05, 4.69) is 0 Å². The van der Waals surface area contributed by atoms with E-state index in [1.807, 2.05) is 24.3 Å². The van der Waals surface area contributed by atoms with E-state index in [9.17, 15) is 15.0 Å². The molecule has 3 fully saturated rings. The molecule has 3 saturated heterocycles. The first-order chi connectivity index (χ1) is 20.8. The zero-order valence-electron chi connectivity index (χ0n) is 24.1. The molecule has 0 amide bonds. The van der Waals surface area contributed by atoms with E-state index in [-0.39, 0.29) is 20.0 Å².